The Hall–Kier alpha value is -3.71. The molecule has 0 aromatic heterocycles. The molecule has 3 aromatic rings. The van der Waals surface area contributed by atoms with Gasteiger partial charge in [-0.25, -0.2) is 4.79 Å². The molecule has 0 aliphatic heterocycles. The molecule has 0 spiro atoms. The number of hydrogen-bond acceptors (Lipinski definition) is 6. The van der Waals surface area contributed by atoms with Crippen molar-refractivity contribution >= 4 is 35.4 Å². The number of hydrogen-bond donors (Lipinski definition) is 1. The Bertz CT molecular complexity index is 1100. The number of esters is 1. The van der Waals surface area contributed by atoms with Crippen molar-refractivity contribution in [2.45, 2.75) is 9.79 Å². The van der Waals surface area contributed by atoms with Gasteiger partial charge in [-0.1, -0.05) is 48.2 Å². The molecule has 0 saturated carbocycles. The van der Waals surface area contributed by atoms with Crippen LogP contribution in [0.25, 0.3) is 6.08 Å². The summed E-state index contributed by atoms with van der Waals surface area (Å²) in [4.78, 5) is 26.3. The molecule has 1 amide bonds. The number of ether oxygens (including phenoxy) is 3. The lowest BCUT2D eigenvalue weighted by Gasteiger charge is -2.10. The van der Waals surface area contributed by atoms with Crippen molar-refractivity contribution in [1.82, 2.24) is 0 Å². The minimum Gasteiger partial charge on any atom is -0.493 e. The van der Waals surface area contributed by atoms with Crippen molar-refractivity contribution in [3.05, 3.63) is 84.4 Å². The van der Waals surface area contributed by atoms with Crippen molar-refractivity contribution in [3.8, 4) is 11.5 Å². The zero-order valence-corrected chi connectivity index (χ0v) is 18.6. The minimum absolute atomic E-state index is 0.389. The van der Waals surface area contributed by atoms with E-state index in [1.807, 2.05) is 54.6 Å². The third kappa shape index (κ3) is 6.65. The van der Waals surface area contributed by atoms with Crippen LogP contribution in [0.15, 0.2) is 88.7 Å². The molecule has 0 aliphatic carbocycles. The molecule has 1 N–H and O–H groups in total. The van der Waals surface area contributed by atoms with Gasteiger partial charge in [0.1, 0.15) is 0 Å². The second-order valence-electron chi connectivity index (χ2n) is 6.51. The predicted octanol–water partition coefficient (Wildman–Crippen LogP) is 5.05. The van der Waals surface area contributed by atoms with Crippen LogP contribution in [0.3, 0.4) is 0 Å². The maximum atomic E-state index is 12.3. The summed E-state index contributed by atoms with van der Waals surface area (Å²) in [5.41, 5.74) is 1.39. The molecule has 3 aromatic carbocycles. The van der Waals surface area contributed by atoms with E-state index in [9.17, 15) is 9.59 Å². The van der Waals surface area contributed by atoms with Crippen LogP contribution in [0.2, 0.25) is 0 Å². The summed E-state index contributed by atoms with van der Waals surface area (Å²) >= 11 is 1.54. The van der Waals surface area contributed by atoms with Crippen LogP contribution in [0.4, 0.5) is 5.69 Å². The number of methoxy groups -OCH3 is 2. The smallest absolute Gasteiger partial charge is 0.331 e. The Balaban J connectivity index is 1.54. The Morgan fingerprint density at radius 3 is 2.38 bits per heavy atom. The van der Waals surface area contributed by atoms with E-state index in [1.165, 1.54) is 24.9 Å². The summed E-state index contributed by atoms with van der Waals surface area (Å²) in [6, 6.07) is 22.6. The van der Waals surface area contributed by atoms with E-state index < -0.39 is 11.9 Å². The van der Waals surface area contributed by atoms with Crippen LogP contribution < -0.4 is 14.8 Å². The van der Waals surface area contributed by atoms with Crippen LogP contribution in [0, 0.1) is 0 Å². The monoisotopic (exact) mass is 449 g/mol. The lowest BCUT2D eigenvalue weighted by molar-refractivity contribution is -0.142. The summed E-state index contributed by atoms with van der Waals surface area (Å²) in [5.74, 6) is 0.102. The fraction of sp³-hybridized carbons (Fsp3) is 0.120. The van der Waals surface area contributed by atoms with Gasteiger partial charge in [0.05, 0.1) is 19.9 Å². The molecule has 0 atom stereocenters. The van der Waals surface area contributed by atoms with Gasteiger partial charge in [0.15, 0.2) is 18.1 Å². The summed E-state index contributed by atoms with van der Waals surface area (Å²) in [6.45, 7) is -0.389. The molecule has 0 saturated heterocycles. The van der Waals surface area contributed by atoms with Gasteiger partial charge in [-0.3, -0.25) is 4.79 Å². The first-order valence-corrected chi connectivity index (χ1v) is 10.6. The van der Waals surface area contributed by atoms with Crippen molar-refractivity contribution in [2.24, 2.45) is 0 Å². The number of nitrogens with one attached hydrogen (secondary N) is 1. The number of para-hydroxylation sites is 1. The van der Waals surface area contributed by atoms with E-state index in [0.29, 0.717) is 17.2 Å². The van der Waals surface area contributed by atoms with Gasteiger partial charge in [0, 0.05) is 15.9 Å². The summed E-state index contributed by atoms with van der Waals surface area (Å²) < 4.78 is 15.5. The first-order valence-electron chi connectivity index (χ1n) is 9.77. The second-order valence-corrected chi connectivity index (χ2v) is 7.63. The fourth-order valence-electron chi connectivity index (χ4n) is 2.77. The molecule has 7 heteroatoms. The highest BCUT2D eigenvalue weighted by atomic mass is 32.2. The highest BCUT2D eigenvalue weighted by molar-refractivity contribution is 7.99. The average Bonchev–Trinajstić information content (AvgIpc) is 2.83. The highest BCUT2D eigenvalue weighted by Crippen LogP contribution is 2.33. The number of anilines is 1. The third-order valence-electron chi connectivity index (χ3n) is 4.30. The van der Waals surface area contributed by atoms with Crippen LogP contribution >= 0.6 is 11.8 Å². The van der Waals surface area contributed by atoms with Crippen LogP contribution in [0.5, 0.6) is 11.5 Å². The van der Waals surface area contributed by atoms with E-state index >= 15 is 0 Å². The Morgan fingerprint density at radius 2 is 1.62 bits per heavy atom. The lowest BCUT2D eigenvalue weighted by Crippen LogP contribution is -2.20. The number of rotatable bonds is 9. The minimum atomic E-state index is -0.623. The van der Waals surface area contributed by atoms with Crippen LogP contribution in [-0.4, -0.2) is 32.7 Å². The summed E-state index contributed by atoms with van der Waals surface area (Å²) in [5, 5.41) is 2.80. The Kier molecular flexibility index (Phi) is 8.34. The molecular formula is C25H23NO5S. The van der Waals surface area contributed by atoms with Crippen LogP contribution in [-0.2, 0) is 14.3 Å². The topological polar surface area (TPSA) is 73.9 Å². The second kappa shape index (κ2) is 11.6. The molecule has 0 heterocycles. The maximum absolute atomic E-state index is 12.3. The molecule has 0 fully saturated rings. The zero-order valence-electron chi connectivity index (χ0n) is 17.7. The SMILES string of the molecule is COc1ccc(/C=C/C(=O)OCC(=O)Nc2ccccc2Sc2ccccc2)cc1OC. The first kappa shape index (κ1) is 23.0. The standard InChI is InChI=1S/C25H23NO5S/c1-29-21-14-12-18(16-22(21)30-2)13-15-25(28)31-17-24(27)26-20-10-6-7-11-23(20)32-19-8-4-3-5-9-19/h3-16H,17H2,1-2H3,(H,26,27)/b15-13+. The quantitative estimate of drug-likeness (QED) is 0.364. The first-order chi connectivity index (χ1) is 15.6. The van der Waals surface area contributed by atoms with Gasteiger partial charge in [-0.05, 0) is 48.0 Å². The lowest BCUT2D eigenvalue weighted by atomic mass is 10.2. The molecule has 6 nitrogen and oxygen atoms in total. The summed E-state index contributed by atoms with van der Waals surface area (Å²) in [6.07, 6.45) is 2.84. The number of amides is 1. The van der Waals surface area contributed by atoms with E-state index in [0.717, 1.165) is 15.4 Å². The van der Waals surface area contributed by atoms with Gasteiger partial charge in [-0.15, -0.1) is 0 Å². The third-order valence-corrected chi connectivity index (χ3v) is 5.38. The van der Waals surface area contributed by atoms with E-state index in [-0.39, 0.29) is 6.61 Å². The molecule has 3 rings (SSSR count). The number of carbonyl (C=O) groups is 2. The van der Waals surface area contributed by atoms with E-state index in [2.05, 4.69) is 5.32 Å². The largest absolute Gasteiger partial charge is 0.493 e. The summed E-state index contributed by atoms with van der Waals surface area (Å²) in [7, 11) is 3.09. The number of carbonyl (C=O) groups excluding carboxylic acids is 2. The van der Waals surface area contributed by atoms with Gasteiger partial charge >= 0.3 is 5.97 Å². The molecule has 0 bridgehead atoms. The average molecular weight is 450 g/mol. The van der Waals surface area contributed by atoms with Crippen molar-refractivity contribution in [1.29, 1.82) is 0 Å². The van der Waals surface area contributed by atoms with Crippen molar-refractivity contribution in [2.75, 3.05) is 26.1 Å². The molecular weight excluding hydrogens is 426 g/mol. The van der Waals surface area contributed by atoms with Crippen molar-refractivity contribution < 1.29 is 23.8 Å². The van der Waals surface area contributed by atoms with E-state index in [4.69, 9.17) is 14.2 Å². The Morgan fingerprint density at radius 1 is 0.906 bits per heavy atom. The van der Waals surface area contributed by atoms with Crippen LogP contribution in [0.1, 0.15) is 5.56 Å². The highest BCUT2D eigenvalue weighted by Gasteiger charge is 2.10. The normalized spacial score (nSPS) is 10.6. The predicted molar refractivity (Wildman–Crippen MR) is 125 cm³/mol. The molecule has 0 unspecified atom stereocenters. The molecule has 164 valence electrons. The van der Waals surface area contributed by atoms with Gasteiger partial charge in [-0.2, -0.15) is 0 Å². The fourth-order valence-corrected chi connectivity index (χ4v) is 3.69. The molecule has 32 heavy (non-hydrogen) atoms. The van der Waals surface area contributed by atoms with E-state index in [1.54, 1.807) is 31.4 Å². The van der Waals surface area contributed by atoms with Gasteiger partial charge in [0.25, 0.3) is 5.91 Å². The molecule has 0 radical (unpaired) electrons. The van der Waals surface area contributed by atoms with Gasteiger partial charge in [0.2, 0.25) is 0 Å². The molecule has 0 aliphatic rings. The van der Waals surface area contributed by atoms with Crippen molar-refractivity contribution in [3.63, 3.8) is 0 Å². The van der Waals surface area contributed by atoms with Gasteiger partial charge < -0.3 is 19.5 Å². The zero-order chi connectivity index (χ0) is 22.8. The Labute approximate surface area is 191 Å². The number of benzene rings is 3. The maximum Gasteiger partial charge on any atom is 0.331 e.